The van der Waals surface area contributed by atoms with E-state index in [1.807, 2.05) is 0 Å². The summed E-state index contributed by atoms with van der Waals surface area (Å²) < 4.78 is 19.8. The number of nitrogens with one attached hydrogen (secondary N) is 1. The molecule has 1 aromatic heterocycles. The van der Waals surface area contributed by atoms with Gasteiger partial charge in [0.2, 0.25) is 0 Å². The van der Waals surface area contributed by atoms with Crippen molar-refractivity contribution in [3.63, 3.8) is 0 Å². The first kappa shape index (κ1) is 23.7. The van der Waals surface area contributed by atoms with Crippen LogP contribution >= 0.6 is 23.0 Å². The number of carbonyl (C=O) groups excluding carboxylic acids is 1. The van der Waals surface area contributed by atoms with Gasteiger partial charge in [-0.15, -0.1) is 12.4 Å². The van der Waals surface area contributed by atoms with Gasteiger partial charge in [0.25, 0.3) is 5.91 Å². The first-order valence-corrected chi connectivity index (χ1v) is 14.2. The fraction of sp³-hybridized carbons (Fsp3) is 0.750. The van der Waals surface area contributed by atoms with E-state index in [0.717, 1.165) is 69.2 Å². The Morgan fingerprint density at radius 1 is 1.06 bits per heavy atom. The number of fused-ring (bicyclic) bond motifs is 1. The maximum absolute atomic E-state index is 13.3. The molecule has 9 heteroatoms. The monoisotopic (exact) mass is 497 g/mol. The zero-order valence-corrected chi connectivity index (χ0v) is 20.7. The zero-order chi connectivity index (χ0) is 22.1. The van der Waals surface area contributed by atoms with E-state index in [9.17, 15) is 19.0 Å². The minimum absolute atomic E-state index is 0. The van der Waals surface area contributed by atoms with Crippen molar-refractivity contribution in [1.82, 2.24) is 9.88 Å². The van der Waals surface area contributed by atoms with Crippen LogP contribution in [-0.2, 0) is 12.8 Å². The summed E-state index contributed by atoms with van der Waals surface area (Å²) in [5, 5.41) is 15.0. The van der Waals surface area contributed by atoms with E-state index >= 15 is 0 Å². The molecule has 1 saturated heterocycles. The number of amides is 1. The van der Waals surface area contributed by atoms with Gasteiger partial charge in [0.1, 0.15) is 5.82 Å². The van der Waals surface area contributed by atoms with Crippen LogP contribution in [0.15, 0.2) is 6.20 Å². The largest absolute Gasteiger partial charge is 0.390 e. The number of aliphatic hydroxyl groups is 1. The Kier molecular flexibility index (Phi) is 5.93. The van der Waals surface area contributed by atoms with Crippen molar-refractivity contribution in [3.8, 4) is 0 Å². The number of hydrogen-bond donors (Lipinski definition) is 4. The lowest BCUT2D eigenvalue weighted by Crippen LogP contribution is -2.62. The Bertz CT molecular complexity index is 934. The molecule has 0 radical (unpaired) electrons. The van der Waals surface area contributed by atoms with E-state index in [1.165, 1.54) is 12.0 Å². The number of carbonyl (C=O) groups is 1. The van der Waals surface area contributed by atoms with Crippen molar-refractivity contribution < 1.29 is 19.0 Å². The van der Waals surface area contributed by atoms with Crippen LogP contribution in [0.3, 0.4) is 0 Å². The zero-order valence-electron chi connectivity index (χ0n) is 19.1. The number of halogens is 1. The van der Waals surface area contributed by atoms with Crippen molar-refractivity contribution in [2.75, 3.05) is 29.9 Å². The SMILES string of the molecule is Cl.O=C(c1cnc(NC23CC4CC(CC(O)(C4)C2)C3)c2c1CCCC2)N1CCS(O)(O)CC1. The summed E-state index contributed by atoms with van der Waals surface area (Å²) in [5.41, 5.74) is 2.42. The molecular formula is C24H36ClN3O4S. The Balaban J connectivity index is 0.00000228. The molecule has 33 heavy (non-hydrogen) atoms. The van der Waals surface area contributed by atoms with Crippen LogP contribution in [0.5, 0.6) is 0 Å². The van der Waals surface area contributed by atoms with Crippen LogP contribution in [0.4, 0.5) is 5.82 Å². The highest BCUT2D eigenvalue weighted by atomic mass is 35.5. The van der Waals surface area contributed by atoms with E-state index in [2.05, 4.69) is 5.32 Å². The number of rotatable bonds is 3. The lowest BCUT2D eigenvalue weighted by atomic mass is 9.51. The van der Waals surface area contributed by atoms with Crippen LogP contribution in [0.25, 0.3) is 0 Å². The van der Waals surface area contributed by atoms with Gasteiger partial charge in [-0.3, -0.25) is 13.9 Å². The molecule has 2 atom stereocenters. The van der Waals surface area contributed by atoms with E-state index in [-0.39, 0.29) is 35.4 Å². The Labute approximate surface area is 203 Å². The van der Waals surface area contributed by atoms with Gasteiger partial charge in [-0.1, -0.05) is 0 Å². The predicted molar refractivity (Wildman–Crippen MR) is 133 cm³/mol. The fourth-order valence-corrected chi connectivity index (χ4v) is 8.98. The average molecular weight is 498 g/mol. The van der Waals surface area contributed by atoms with E-state index in [4.69, 9.17) is 4.98 Å². The van der Waals surface area contributed by atoms with E-state index < -0.39 is 16.2 Å². The molecule has 2 heterocycles. The molecule has 0 aromatic carbocycles. The quantitative estimate of drug-likeness (QED) is 0.501. The van der Waals surface area contributed by atoms with Gasteiger partial charge >= 0.3 is 0 Å². The van der Waals surface area contributed by atoms with Crippen molar-refractivity contribution in [2.45, 2.75) is 75.3 Å². The van der Waals surface area contributed by atoms with Crippen molar-refractivity contribution >= 4 is 34.7 Å². The molecule has 7 nitrogen and oxygen atoms in total. The topological polar surface area (TPSA) is 106 Å². The summed E-state index contributed by atoms with van der Waals surface area (Å²) in [5.74, 6) is 2.65. The average Bonchev–Trinajstić information content (AvgIpc) is 2.71. The second-order valence-electron chi connectivity index (χ2n) is 11.3. The van der Waals surface area contributed by atoms with E-state index in [0.29, 0.717) is 30.5 Å². The molecule has 5 aliphatic carbocycles. The Morgan fingerprint density at radius 2 is 1.70 bits per heavy atom. The minimum Gasteiger partial charge on any atom is -0.390 e. The third-order valence-corrected chi connectivity index (χ3v) is 10.4. The number of pyridine rings is 1. The molecule has 0 spiro atoms. The number of anilines is 1. The first-order chi connectivity index (χ1) is 15.2. The molecule has 4 bridgehead atoms. The predicted octanol–water partition coefficient (Wildman–Crippen LogP) is 4.08. The van der Waals surface area contributed by atoms with Crippen LogP contribution in [-0.4, -0.2) is 65.7 Å². The summed E-state index contributed by atoms with van der Waals surface area (Å²) >= 11 is 0. The molecule has 7 rings (SSSR count). The lowest BCUT2D eigenvalue weighted by molar-refractivity contribution is -0.127. The molecule has 5 fully saturated rings. The molecule has 1 aromatic rings. The van der Waals surface area contributed by atoms with Gasteiger partial charge in [0.05, 0.1) is 22.7 Å². The van der Waals surface area contributed by atoms with Gasteiger partial charge < -0.3 is 15.3 Å². The van der Waals surface area contributed by atoms with Gasteiger partial charge in [0.15, 0.2) is 0 Å². The van der Waals surface area contributed by atoms with Gasteiger partial charge in [-0.05, 0) is 87.2 Å². The maximum atomic E-state index is 13.3. The van der Waals surface area contributed by atoms with Crippen LogP contribution in [0.2, 0.25) is 0 Å². The fourth-order valence-electron chi connectivity index (χ4n) is 7.75. The van der Waals surface area contributed by atoms with Crippen molar-refractivity contribution in [2.24, 2.45) is 11.8 Å². The summed E-state index contributed by atoms with van der Waals surface area (Å²) in [4.78, 5) is 19.9. The lowest BCUT2D eigenvalue weighted by Gasteiger charge is -2.60. The normalized spacial score (nSPS) is 37.1. The summed E-state index contributed by atoms with van der Waals surface area (Å²) in [6.07, 6.45) is 11.9. The highest BCUT2D eigenvalue weighted by molar-refractivity contribution is 8.24. The van der Waals surface area contributed by atoms with Crippen LogP contribution in [0.1, 0.15) is 72.9 Å². The number of nitrogens with zero attached hydrogens (tertiary/aromatic N) is 2. The maximum Gasteiger partial charge on any atom is 0.255 e. The first-order valence-electron chi connectivity index (χ1n) is 12.3. The third-order valence-electron chi connectivity index (χ3n) is 8.71. The van der Waals surface area contributed by atoms with Gasteiger partial charge in [-0.25, -0.2) is 4.98 Å². The number of hydrogen-bond acceptors (Lipinski definition) is 6. The number of aromatic nitrogens is 1. The Hall–Kier alpha value is -1.06. The van der Waals surface area contributed by atoms with Crippen molar-refractivity contribution in [1.29, 1.82) is 0 Å². The highest BCUT2D eigenvalue weighted by Crippen LogP contribution is 2.58. The van der Waals surface area contributed by atoms with E-state index in [1.54, 1.807) is 11.1 Å². The van der Waals surface area contributed by atoms with Crippen molar-refractivity contribution in [3.05, 3.63) is 22.9 Å². The summed E-state index contributed by atoms with van der Waals surface area (Å²) in [6, 6.07) is 0. The smallest absolute Gasteiger partial charge is 0.255 e. The molecule has 1 amide bonds. The van der Waals surface area contributed by atoms with Gasteiger partial charge in [0, 0.05) is 24.8 Å². The summed E-state index contributed by atoms with van der Waals surface area (Å²) in [7, 11) is -2.53. The summed E-state index contributed by atoms with van der Waals surface area (Å²) in [6.45, 7) is 0.779. The molecule has 184 valence electrons. The second kappa shape index (κ2) is 8.26. The molecule has 4 saturated carbocycles. The van der Waals surface area contributed by atoms with Gasteiger partial charge in [-0.2, -0.15) is 10.6 Å². The standard InChI is InChI=1S/C24H35N3O4S.ClH/c28-22(27-5-7-32(30,31)8-6-27)20-14-25-21(19-4-2-1-3-18(19)20)26-23-10-16-9-17(11-23)13-24(29,12-16)15-23;/h14,16-17,29-31H,1-13,15H2,(H,25,26);1H. The molecule has 4 N–H and O–H groups in total. The van der Waals surface area contributed by atoms with Crippen LogP contribution in [0, 0.1) is 11.8 Å². The highest BCUT2D eigenvalue weighted by Gasteiger charge is 2.57. The molecular weight excluding hydrogens is 462 g/mol. The molecule has 2 unspecified atom stereocenters. The third kappa shape index (κ3) is 4.27. The Morgan fingerprint density at radius 3 is 2.33 bits per heavy atom. The second-order valence-corrected chi connectivity index (χ2v) is 13.7. The molecule has 1 aliphatic heterocycles. The van der Waals surface area contributed by atoms with Crippen LogP contribution < -0.4 is 5.32 Å². The molecule has 6 aliphatic rings. The minimum atomic E-state index is -2.53.